The predicted octanol–water partition coefficient (Wildman–Crippen LogP) is 3.54. The van der Waals surface area contributed by atoms with Crippen LogP contribution < -0.4 is 10.1 Å². The number of aliphatic hydroxyl groups is 1. The van der Waals surface area contributed by atoms with Gasteiger partial charge in [0, 0.05) is 30.1 Å². The van der Waals surface area contributed by atoms with E-state index >= 15 is 0 Å². The molecule has 2 aromatic rings. The first-order chi connectivity index (χ1) is 15.0. The first kappa shape index (κ1) is 21.6. The molecule has 5 nitrogen and oxygen atoms in total. The van der Waals surface area contributed by atoms with Crippen molar-refractivity contribution in [3.8, 4) is 5.75 Å². The first-order valence-electron chi connectivity index (χ1n) is 11.1. The smallest absolute Gasteiger partial charge is 0.251 e. The van der Waals surface area contributed by atoms with Crippen LogP contribution in [0.3, 0.4) is 0 Å². The zero-order valence-electron chi connectivity index (χ0n) is 18.2. The highest BCUT2D eigenvalue weighted by Gasteiger charge is 2.57. The fourth-order valence-corrected chi connectivity index (χ4v) is 5.50. The molecule has 31 heavy (non-hydrogen) atoms. The Morgan fingerprint density at radius 1 is 1.26 bits per heavy atom. The number of hydrogen-bond acceptors (Lipinski definition) is 4. The summed E-state index contributed by atoms with van der Waals surface area (Å²) in [5, 5.41) is 15.2. The van der Waals surface area contributed by atoms with Crippen LogP contribution >= 0.6 is 0 Å². The standard InChI is InChI=1S/C26H32N2O3/c1-3-15-28-16-14-25(21-10-7-11-23(17-21)31-2)18-22(12-13-26(25,30)19-28)27-24(29)20-8-5-4-6-9-20/h3-11,17,22,30H,1,12-16,18-19H2,2H3,(H,27,29)/t22-,25?,26?/m0/s1. The fourth-order valence-electron chi connectivity index (χ4n) is 5.50. The van der Waals surface area contributed by atoms with E-state index in [0.29, 0.717) is 24.9 Å². The zero-order chi connectivity index (χ0) is 21.9. The maximum Gasteiger partial charge on any atom is 0.251 e. The summed E-state index contributed by atoms with van der Waals surface area (Å²) in [5.41, 5.74) is 0.451. The number of likely N-dealkylation sites (tertiary alicyclic amines) is 1. The SMILES string of the molecule is C=CCN1CCC2(c3cccc(OC)c3)C[C@@H](NC(=O)c3ccccc3)CCC2(O)C1. The van der Waals surface area contributed by atoms with Gasteiger partial charge in [0.05, 0.1) is 12.7 Å². The monoisotopic (exact) mass is 420 g/mol. The Hall–Kier alpha value is -2.63. The molecule has 3 atom stereocenters. The van der Waals surface area contributed by atoms with Crippen molar-refractivity contribution in [2.45, 2.75) is 42.7 Å². The third kappa shape index (κ3) is 4.12. The molecule has 1 saturated carbocycles. The van der Waals surface area contributed by atoms with Crippen LogP contribution in [0.4, 0.5) is 0 Å². The van der Waals surface area contributed by atoms with Crippen LogP contribution in [0.1, 0.15) is 41.6 Å². The highest BCUT2D eigenvalue weighted by Crippen LogP contribution is 2.52. The number of methoxy groups -OCH3 is 1. The largest absolute Gasteiger partial charge is 0.497 e. The van der Waals surface area contributed by atoms with E-state index in [1.54, 1.807) is 7.11 Å². The Morgan fingerprint density at radius 2 is 2.06 bits per heavy atom. The van der Waals surface area contributed by atoms with Crippen molar-refractivity contribution >= 4 is 5.91 Å². The van der Waals surface area contributed by atoms with Crippen LogP contribution in [-0.2, 0) is 5.41 Å². The Morgan fingerprint density at radius 3 is 2.81 bits per heavy atom. The van der Waals surface area contributed by atoms with E-state index in [2.05, 4.69) is 28.9 Å². The summed E-state index contributed by atoms with van der Waals surface area (Å²) in [4.78, 5) is 15.1. The molecule has 1 aliphatic carbocycles. The van der Waals surface area contributed by atoms with Crippen LogP contribution in [0.2, 0.25) is 0 Å². The van der Waals surface area contributed by atoms with Gasteiger partial charge in [0.1, 0.15) is 5.75 Å². The number of piperidine rings is 1. The van der Waals surface area contributed by atoms with Gasteiger partial charge in [0.15, 0.2) is 0 Å². The number of amides is 1. The zero-order valence-corrected chi connectivity index (χ0v) is 18.2. The number of benzene rings is 2. The number of fused-ring (bicyclic) bond motifs is 1. The lowest BCUT2D eigenvalue weighted by Crippen LogP contribution is -2.67. The quantitative estimate of drug-likeness (QED) is 0.702. The van der Waals surface area contributed by atoms with Crippen molar-refractivity contribution in [3.63, 3.8) is 0 Å². The minimum Gasteiger partial charge on any atom is -0.497 e. The molecular formula is C26H32N2O3. The molecule has 0 spiro atoms. The molecule has 2 aromatic carbocycles. The summed E-state index contributed by atoms with van der Waals surface area (Å²) < 4.78 is 5.49. The number of carbonyl (C=O) groups is 1. The van der Waals surface area contributed by atoms with Crippen LogP contribution in [-0.4, -0.2) is 54.3 Å². The second-order valence-corrected chi connectivity index (χ2v) is 8.90. The minimum atomic E-state index is -0.866. The Kier molecular flexibility index (Phi) is 6.17. The summed E-state index contributed by atoms with van der Waals surface area (Å²) in [6.07, 6.45) is 4.81. The molecule has 1 amide bonds. The second-order valence-electron chi connectivity index (χ2n) is 8.90. The molecule has 0 radical (unpaired) electrons. The molecule has 2 N–H and O–H groups in total. The number of hydrogen-bond donors (Lipinski definition) is 2. The third-order valence-electron chi connectivity index (χ3n) is 7.11. The van der Waals surface area contributed by atoms with Crippen LogP contribution in [0.25, 0.3) is 0 Å². The number of carbonyl (C=O) groups excluding carboxylic acids is 1. The predicted molar refractivity (Wildman–Crippen MR) is 122 cm³/mol. The number of β-amino-alcohol motifs (C(OH)–C–C–N with tert-alkyl or cyclic N) is 1. The molecular weight excluding hydrogens is 388 g/mol. The van der Waals surface area contributed by atoms with Crippen molar-refractivity contribution in [1.29, 1.82) is 0 Å². The normalized spacial score (nSPS) is 28.4. The van der Waals surface area contributed by atoms with Crippen LogP contribution in [0.5, 0.6) is 5.75 Å². The van der Waals surface area contributed by atoms with Gasteiger partial charge in [0.2, 0.25) is 0 Å². The molecule has 5 heteroatoms. The van der Waals surface area contributed by atoms with Crippen molar-refractivity contribution in [2.75, 3.05) is 26.7 Å². The lowest BCUT2D eigenvalue weighted by atomic mass is 9.55. The highest BCUT2D eigenvalue weighted by molar-refractivity contribution is 5.94. The maximum atomic E-state index is 12.8. The first-order valence-corrected chi connectivity index (χ1v) is 11.1. The van der Waals surface area contributed by atoms with Crippen molar-refractivity contribution in [1.82, 2.24) is 10.2 Å². The van der Waals surface area contributed by atoms with E-state index < -0.39 is 11.0 Å². The summed E-state index contributed by atoms with van der Waals surface area (Å²) in [5.74, 6) is 0.735. The maximum absolute atomic E-state index is 12.8. The van der Waals surface area contributed by atoms with E-state index in [-0.39, 0.29) is 11.9 Å². The molecule has 1 aliphatic heterocycles. The highest BCUT2D eigenvalue weighted by atomic mass is 16.5. The van der Waals surface area contributed by atoms with Crippen LogP contribution in [0.15, 0.2) is 67.3 Å². The molecule has 0 bridgehead atoms. The molecule has 1 heterocycles. The van der Waals surface area contributed by atoms with Gasteiger partial charge in [-0.2, -0.15) is 0 Å². The summed E-state index contributed by atoms with van der Waals surface area (Å²) in [6, 6.07) is 17.4. The molecule has 4 rings (SSSR count). The molecule has 2 fully saturated rings. The fraction of sp³-hybridized carbons (Fsp3) is 0.423. The Labute approximate surface area is 184 Å². The molecule has 0 aromatic heterocycles. The van der Waals surface area contributed by atoms with Gasteiger partial charge in [0.25, 0.3) is 5.91 Å². The Bertz CT molecular complexity index is 931. The average Bonchev–Trinajstić information content (AvgIpc) is 2.80. The van der Waals surface area contributed by atoms with Crippen LogP contribution in [0, 0.1) is 0 Å². The van der Waals surface area contributed by atoms with Crippen molar-refractivity contribution < 1.29 is 14.6 Å². The topological polar surface area (TPSA) is 61.8 Å². The van der Waals surface area contributed by atoms with Crippen molar-refractivity contribution in [3.05, 3.63) is 78.4 Å². The van der Waals surface area contributed by atoms with Gasteiger partial charge in [-0.1, -0.05) is 36.4 Å². The van der Waals surface area contributed by atoms with E-state index in [0.717, 1.165) is 37.2 Å². The van der Waals surface area contributed by atoms with Gasteiger partial charge in [-0.15, -0.1) is 6.58 Å². The van der Waals surface area contributed by atoms with Gasteiger partial charge in [-0.25, -0.2) is 0 Å². The molecule has 164 valence electrons. The van der Waals surface area contributed by atoms with E-state index in [1.807, 2.05) is 48.5 Å². The lowest BCUT2D eigenvalue weighted by Gasteiger charge is -2.58. The number of nitrogens with zero attached hydrogens (tertiary/aromatic N) is 1. The van der Waals surface area contributed by atoms with E-state index in [4.69, 9.17) is 4.74 Å². The van der Waals surface area contributed by atoms with E-state index in [9.17, 15) is 9.90 Å². The number of nitrogens with one attached hydrogen (secondary N) is 1. The second kappa shape index (κ2) is 8.85. The summed E-state index contributed by atoms with van der Waals surface area (Å²) in [6.45, 7) is 6.12. The minimum absolute atomic E-state index is 0.00476. The molecule has 2 unspecified atom stereocenters. The average molecular weight is 421 g/mol. The number of rotatable bonds is 6. The van der Waals surface area contributed by atoms with E-state index in [1.165, 1.54) is 0 Å². The molecule has 2 aliphatic rings. The lowest BCUT2D eigenvalue weighted by molar-refractivity contribution is -0.123. The third-order valence-corrected chi connectivity index (χ3v) is 7.11. The van der Waals surface area contributed by atoms with Gasteiger partial charge in [-0.05, 0) is 62.1 Å². The molecule has 1 saturated heterocycles. The number of ether oxygens (including phenoxy) is 1. The summed E-state index contributed by atoms with van der Waals surface area (Å²) >= 11 is 0. The Balaban J connectivity index is 1.65. The van der Waals surface area contributed by atoms with Gasteiger partial charge >= 0.3 is 0 Å². The van der Waals surface area contributed by atoms with Crippen molar-refractivity contribution in [2.24, 2.45) is 0 Å². The van der Waals surface area contributed by atoms with Gasteiger partial charge in [-0.3, -0.25) is 9.69 Å². The van der Waals surface area contributed by atoms with Gasteiger partial charge < -0.3 is 15.2 Å². The summed E-state index contributed by atoms with van der Waals surface area (Å²) in [7, 11) is 1.67.